The summed E-state index contributed by atoms with van der Waals surface area (Å²) in [5.74, 6) is 3.83. The smallest absolute Gasteiger partial charge is 0.179 e. The Morgan fingerprint density at radius 2 is 1.77 bits per heavy atom. The predicted octanol–water partition coefficient (Wildman–Crippen LogP) is 6.06. The van der Waals surface area contributed by atoms with Gasteiger partial charge in [-0.1, -0.05) is 44.2 Å². The van der Waals surface area contributed by atoms with E-state index in [9.17, 15) is 0 Å². The molecule has 3 aromatic rings. The van der Waals surface area contributed by atoms with Crippen LogP contribution in [0.3, 0.4) is 0 Å². The maximum atomic E-state index is 5.53. The average Bonchev–Trinajstić information content (AvgIpc) is 2.83. The van der Waals surface area contributed by atoms with Gasteiger partial charge in [-0.05, 0) is 55.2 Å². The first-order valence-corrected chi connectivity index (χ1v) is 11.3. The van der Waals surface area contributed by atoms with Gasteiger partial charge in [0.2, 0.25) is 0 Å². The Kier molecular flexibility index (Phi) is 6.80. The van der Waals surface area contributed by atoms with Gasteiger partial charge in [0.25, 0.3) is 0 Å². The second-order valence-corrected chi connectivity index (χ2v) is 8.71. The third kappa shape index (κ3) is 5.04. The summed E-state index contributed by atoms with van der Waals surface area (Å²) in [6.45, 7) is 5.29. The van der Waals surface area contributed by atoms with Gasteiger partial charge in [-0.3, -0.25) is 4.98 Å². The predicted molar refractivity (Wildman–Crippen MR) is 126 cm³/mol. The number of hydrogen-bond donors (Lipinski definition) is 1. The number of anilines is 1. The molecule has 2 aromatic heterocycles. The van der Waals surface area contributed by atoms with Crippen LogP contribution in [0.1, 0.15) is 62.6 Å². The summed E-state index contributed by atoms with van der Waals surface area (Å²) in [4.78, 5) is 14.0. The van der Waals surface area contributed by atoms with Crippen LogP contribution in [-0.4, -0.2) is 28.6 Å². The van der Waals surface area contributed by atoms with Gasteiger partial charge in [0.05, 0.1) is 13.3 Å². The van der Waals surface area contributed by atoms with E-state index in [1.165, 1.54) is 36.9 Å². The van der Waals surface area contributed by atoms with E-state index in [0.717, 1.165) is 23.8 Å². The summed E-state index contributed by atoms with van der Waals surface area (Å²) in [5.41, 5.74) is 3.57. The van der Waals surface area contributed by atoms with Crippen LogP contribution in [0, 0.1) is 5.92 Å². The molecule has 0 spiro atoms. The topological polar surface area (TPSA) is 59.9 Å². The number of rotatable bonds is 7. The molecular weight excluding hydrogens is 384 g/mol. The summed E-state index contributed by atoms with van der Waals surface area (Å²) in [7, 11) is 1.67. The minimum Gasteiger partial charge on any atom is -0.491 e. The Hall–Kier alpha value is -2.95. The lowest BCUT2D eigenvalue weighted by atomic mass is 9.80. The Labute approximate surface area is 185 Å². The zero-order valence-corrected chi connectivity index (χ0v) is 18.7. The number of aromatic nitrogens is 3. The molecule has 0 unspecified atom stereocenters. The van der Waals surface area contributed by atoms with E-state index in [4.69, 9.17) is 9.72 Å². The fraction of sp³-hybridized carbons (Fsp3) is 0.423. The van der Waals surface area contributed by atoms with Crippen molar-refractivity contribution in [3.8, 4) is 17.1 Å². The molecule has 1 N–H and O–H groups in total. The number of nitrogens with zero attached hydrogens (tertiary/aromatic N) is 3. The van der Waals surface area contributed by atoms with Crippen molar-refractivity contribution in [2.24, 2.45) is 5.92 Å². The van der Waals surface area contributed by atoms with Crippen LogP contribution in [0.25, 0.3) is 11.4 Å². The Bertz CT molecular complexity index is 982. The average molecular weight is 417 g/mol. The minimum atomic E-state index is 0.410. The monoisotopic (exact) mass is 416 g/mol. The zero-order valence-electron chi connectivity index (χ0n) is 18.7. The summed E-state index contributed by atoms with van der Waals surface area (Å²) < 4.78 is 5.53. The lowest BCUT2D eigenvalue weighted by Crippen LogP contribution is -2.21. The Morgan fingerprint density at radius 3 is 2.48 bits per heavy atom. The number of methoxy groups -OCH3 is 1. The summed E-state index contributed by atoms with van der Waals surface area (Å²) in [6, 6.07) is 14.6. The highest BCUT2D eigenvalue weighted by Crippen LogP contribution is 2.35. The van der Waals surface area contributed by atoms with E-state index in [1.54, 1.807) is 13.3 Å². The zero-order chi connectivity index (χ0) is 21.6. The molecule has 1 aromatic carbocycles. The molecule has 0 atom stereocenters. The Morgan fingerprint density at radius 1 is 1.00 bits per heavy atom. The van der Waals surface area contributed by atoms with Crippen LogP contribution < -0.4 is 10.1 Å². The van der Waals surface area contributed by atoms with Crippen molar-refractivity contribution in [3.63, 3.8) is 0 Å². The van der Waals surface area contributed by atoms with Crippen molar-refractivity contribution >= 4 is 5.82 Å². The van der Waals surface area contributed by atoms with E-state index in [2.05, 4.69) is 59.5 Å². The van der Waals surface area contributed by atoms with Gasteiger partial charge in [-0.25, -0.2) is 9.97 Å². The molecule has 0 radical (unpaired) electrons. The molecule has 1 aliphatic rings. The van der Waals surface area contributed by atoms with Crippen molar-refractivity contribution in [2.45, 2.75) is 51.4 Å². The molecule has 0 saturated heterocycles. The quantitative estimate of drug-likeness (QED) is 0.507. The van der Waals surface area contributed by atoms with Gasteiger partial charge in [0.15, 0.2) is 17.4 Å². The van der Waals surface area contributed by atoms with Crippen molar-refractivity contribution in [2.75, 3.05) is 19.0 Å². The lowest BCUT2D eigenvalue weighted by Gasteiger charge is -2.28. The van der Waals surface area contributed by atoms with Gasteiger partial charge < -0.3 is 10.1 Å². The van der Waals surface area contributed by atoms with Crippen molar-refractivity contribution in [1.29, 1.82) is 0 Å². The number of hydrogen-bond acceptors (Lipinski definition) is 5. The second-order valence-electron chi connectivity index (χ2n) is 8.71. The van der Waals surface area contributed by atoms with Crippen molar-refractivity contribution < 1.29 is 4.74 Å². The van der Waals surface area contributed by atoms with E-state index >= 15 is 0 Å². The van der Waals surface area contributed by atoms with Gasteiger partial charge in [-0.15, -0.1) is 0 Å². The molecule has 1 aliphatic carbocycles. The molecule has 31 heavy (non-hydrogen) atoms. The fourth-order valence-corrected chi connectivity index (χ4v) is 4.50. The highest BCUT2D eigenvalue weighted by Gasteiger charge is 2.23. The van der Waals surface area contributed by atoms with E-state index < -0.39 is 0 Å². The van der Waals surface area contributed by atoms with Crippen molar-refractivity contribution in [3.05, 3.63) is 66.1 Å². The van der Waals surface area contributed by atoms with Crippen LogP contribution in [0.15, 0.2) is 54.9 Å². The summed E-state index contributed by atoms with van der Waals surface area (Å²) in [5, 5.41) is 3.56. The standard InChI is InChI=1S/C26H32N4O/c1-18(2)21-8-4-5-9-22(21)25-29-17-24(31-3)26(30-25)28-16-19-11-13-20(14-12-19)23-10-6-7-15-27-23/h4-10,15,17-20H,11-14,16H2,1-3H3,(H,28,29,30). The maximum absolute atomic E-state index is 5.53. The van der Waals surface area contributed by atoms with Gasteiger partial charge in [0, 0.05) is 29.9 Å². The van der Waals surface area contributed by atoms with Crippen LogP contribution in [0.2, 0.25) is 0 Å². The molecule has 162 valence electrons. The number of ether oxygens (including phenoxy) is 1. The molecule has 0 amide bonds. The third-order valence-electron chi connectivity index (χ3n) is 6.31. The van der Waals surface area contributed by atoms with Crippen molar-refractivity contribution in [1.82, 2.24) is 15.0 Å². The largest absolute Gasteiger partial charge is 0.491 e. The SMILES string of the molecule is COc1cnc(-c2ccccc2C(C)C)nc1NCC1CCC(c2ccccn2)CC1. The van der Waals surface area contributed by atoms with E-state index in [-0.39, 0.29) is 0 Å². The first-order valence-electron chi connectivity index (χ1n) is 11.3. The van der Waals surface area contributed by atoms with E-state index in [1.807, 2.05) is 18.3 Å². The first-order chi connectivity index (χ1) is 15.2. The first kappa shape index (κ1) is 21.3. The highest BCUT2D eigenvalue weighted by atomic mass is 16.5. The maximum Gasteiger partial charge on any atom is 0.179 e. The van der Waals surface area contributed by atoms with Gasteiger partial charge >= 0.3 is 0 Å². The molecule has 1 saturated carbocycles. The molecule has 0 aliphatic heterocycles. The molecule has 0 bridgehead atoms. The van der Waals surface area contributed by atoms with Crippen LogP contribution in [0.4, 0.5) is 5.82 Å². The number of pyridine rings is 1. The normalized spacial score (nSPS) is 18.7. The highest BCUT2D eigenvalue weighted by molar-refractivity contribution is 5.64. The van der Waals surface area contributed by atoms with Crippen LogP contribution >= 0.6 is 0 Å². The molecule has 5 nitrogen and oxygen atoms in total. The van der Waals surface area contributed by atoms with Gasteiger partial charge in [-0.2, -0.15) is 0 Å². The fourth-order valence-electron chi connectivity index (χ4n) is 4.50. The third-order valence-corrected chi connectivity index (χ3v) is 6.31. The van der Waals surface area contributed by atoms with Crippen LogP contribution in [0.5, 0.6) is 5.75 Å². The molecular formula is C26H32N4O. The molecule has 4 rings (SSSR count). The Balaban J connectivity index is 1.44. The lowest BCUT2D eigenvalue weighted by molar-refractivity contribution is 0.334. The van der Waals surface area contributed by atoms with Crippen LogP contribution in [-0.2, 0) is 0 Å². The summed E-state index contributed by atoms with van der Waals surface area (Å²) >= 11 is 0. The molecule has 1 fully saturated rings. The minimum absolute atomic E-state index is 0.410. The number of benzene rings is 1. The molecule has 5 heteroatoms. The van der Waals surface area contributed by atoms with Gasteiger partial charge in [0.1, 0.15) is 0 Å². The second kappa shape index (κ2) is 9.90. The number of nitrogens with one attached hydrogen (secondary N) is 1. The molecule has 2 heterocycles. The van der Waals surface area contributed by atoms with E-state index in [0.29, 0.717) is 23.5 Å². The summed E-state index contributed by atoms with van der Waals surface area (Å²) in [6.07, 6.45) is 8.46.